The quantitative estimate of drug-likeness (QED) is 0.573. The minimum Gasteiger partial charge on any atom is -0.495 e. The van der Waals surface area contributed by atoms with Gasteiger partial charge in [-0.05, 0) is 30.5 Å². The van der Waals surface area contributed by atoms with Crippen LogP contribution in [0.5, 0.6) is 0 Å². The van der Waals surface area contributed by atoms with Crippen molar-refractivity contribution in [2.24, 2.45) is 16.3 Å². The van der Waals surface area contributed by atoms with Crippen molar-refractivity contribution in [3.63, 3.8) is 0 Å². The maximum Gasteiger partial charge on any atom is 0.312 e. The Morgan fingerprint density at radius 2 is 2.08 bits per heavy atom. The van der Waals surface area contributed by atoms with Crippen molar-refractivity contribution in [2.75, 3.05) is 20.8 Å². The Balaban J connectivity index is 2.48. The van der Waals surface area contributed by atoms with Crippen LogP contribution in [-0.2, 0) is 19.1 Å². The second kappa shape index (κ2) is 9.25. The van der Waals surface area contributed by atoms with Gasteiger partial charge in [-0.2, -0.15) is 0 Å². The van der Waals surface area contributed by atoms with Crippen LogP contribution < -0.4 is 5.32 Å². The third-order valence-electron chi connectivity index (χ3n) is 3.49. The number of amides is 1. The number of nitrogens with one attached hydrogen (secondary N) is 1. The number of rotatable bonds is 7. The number of ether oxygens (including phenoxy) is 2. The van der Waals surface area contributed by atoms with Crippen LogP contribution in [0, 0.1) is 11.3 Å². The average Bonchev–Trinajstić information content (AvgIpc) is 2.53. The number of allylic oxidation sites excluding steroid dienone is 1. The van der Waals surface area contributed by atoms with Crippen LogP contribution in [-0.4, -0.2) is 38.9 Å². The molecule has 0 saturated carbocycles. The third kappa shape index (κ3) is 6.98. The summed E-state index contributed by atoms with van der Waals surface area (Å²) in [6, 6.07) is 0. The zero-order valence-electron chi connectivity index (χ0n) is 15.2. The summed E-state index contributed by atoms with van der Waals surface area (Å²) in [7, 11) is 2.85. The maximum atomic E-state index is 12.0. The molecule has 0 bridgehead atoms. The second-order valence-electron chi connectivity index (χ2n) is 6.87. The lowest BCUT2D eigenvalue weighted by Gasteiger charge is -2.20. The standard InChI is InChI=1S/C18H28N2O4/c1-18(2,3)9-11-19-10-8-16(21)20-14-7-6-13(17(22)24-5)12-15(14)23-4/h7,11-13H,6,8-10H2,1-5H3,(H,20,21). The van der Waals surface area contributed by atoms with Gasteiger partial charge in [0.05, 0.1) is 25.8 Å². The van der Waals surface area contributed by atoms with Crippen molar-refractivity contribution in [1.29, 1.82) is 0 Å². The molecule has 0 aromatic rings. The summed E-state index contributed by atoms with van der Waals surface area (Å²) in [5, 5.41) is 2.81. The Hall–Kier alpha value is -2.11. The molecule has 134 valence electrons. The van der Waals surface area contributed by atoms with Crippen LogP contribution >= 0.6 is 0 Å². The molecule has 0 aromatic carbocycles. The zero-order valence-corrected chi connectivity index (χ0v) is 15.2. The predicted octanol–water partition coefficient (Wildman–Crippen LogP) is 2.61. The van der Waals surface area contributed by atoms with Gasteiger partial charge in [0, 0.05) is 13.0 Å². The van der Waals surface area contributed by atoms with Crippen LogP contribution in [0.15, 0.2) is 28.6 Å². The lowest BCUT2D eigenvalue weighted by atomic mass is 9.93. The van der Waals surface area contributed by atoms with Crippen LogP contribution in [0.3, 0.4) is 0 Å². The van der Waals surface area contributed by atoms with Crippen molar-refractivity contribution >= 4 is 18.1 Å². The average molecular weight is 336 g/mol. The van der Waals surface area contributed by atoms with Crippen LogP contribution in [0.4, 0.5) is 0 Å². The van der Waals surface area contributed by atoms with Gasteiger partial charge in [-0.1, -0.05) is 26.8 Å². The van der Waals surface area contributed by atoms with Crippen LogP contribution in [0.25, 0.3) is 0 Å². The minimum atomic E-state index is -0.382. The number of esters is 1. The molecule has 1 aliphatic rings. The van der Waals surface area contributed by atoms with Gasteiger partial charge in [0.15, 0.2) is 0 Å². The second-order valence-corrected chi connectivity index (χ2v) is 6.87. The number of nitrogens with zero attached hydrogens (tertiary/aromatic N) is 1. The van der Waals surface area contributed by atoms with Crippen molar-refractivity contribution in [3.05, 3.63) is 23.6 Å². The van der Waals surface area contributed by atoms with Crippen molar-refractivity contribution in [2.45, 2.75) is 40.0 Å². The molecule has 0 saturated heterocycles. The van der Waals surface area contributed by atoms with Gasteiger partial charge < -0.3 is 14.8 Å². The van der Waals surface area contributed by atoms with E-state index in [2.05, 4.69) is 31.1 Å². The molecule has 0 fully saturated rings. The summed E-state index contributed by atoms with van der Waals surface area (Å²) >= 11 is 0. The molecule has 0 spiro atoms. The fraction of sp³-hybridized carbons (Fsp3) is 0.611. The third-order valence-corrected chi connectivity index (χ3v) is 3.49. The molecule has 0 aromatic heterocycles. The lowest BCUT2D eigenvalue weighted by Crippen LogP contribution is -2.28. The SMILES string of the molecule is COC(=O)C1C=C(OC)C(NC(=O)CCN=CCC(C)(C)C)=CC1. The topological polar surface area (TPSA) is 77.0 Å². The smallest absolute Gasteiger partial charge is 0.312 e. The van der Waals surface area contributed by atoms with E-state index in [0.29, 0.717) is 30.8 Å². The summed E-state index contributed by atoms with van der Waals surface area (Å²) in [5.74, 6) is -0.359. The van der Waals surface area contributed by atoms with Gasteiger partial charge in [-0.3, -0.25) is 14.6 Å². The Labute approximate surface area is 144 Å². The van der Waals surface area contributed by atoms with E-state index >= 15 is 0 Å². The first-order valence-electron chi connectivity index (χ1n) is 8.09. The molecule has 0 aliphatic heterocycles. The molecular formula is C18H28N2O4. The first kappa shape index (κ1) is 19.9. The Morgan fingerprint density at radius 3 is 2.67 bits per heavy atom. The first-order valence-corrected chi connectivity index (χ1v) is 8.09. The summed E-state index contributed by atoms with van der Waals surface area (Å²) in [6.07, 6.45) is 6.97. The molecule has 1 amide bonds. The highest BCUT2D eigenvalue weighted by atomic mass is 16.5. The van der Waals surface area contributed by atoms with Gasteiger partial charge in [0.1, 0.15) is 5.76 Å². The zero-order chi connectivity index (χ0) is 18.2. The van der Waals surface area contributed by atoms with Crippen molar-refractivity contribution < 1.29 is 19.1 Å². The van der Waals surface area contributed by atoms with Crippen molar-refractivity contribution in [3.8, 4) is 0 Å². The molecule has 1 rings (SSSR count). The molecule has 1 N–H and O–H groups in total. The van der Waals surface area contributed by atoms with E-state index in [1.54, 1.807) is 12.2 Å². The van der Waals surface area contributed by atoms with Gasteiger partial charge in [-0.25, -0.2) is 0 Å². The molecule has 6 nitrogen and oxygen atoms in total. The van der Waals surface area contributed by atoms with E-state index < -0.39 is 0 Å². The molecule has 1 aliphatic carbocycles. The molecule has 1 unspecified atom stereocenters. The maximum absolute atomic E-state index is 12.0. The largest absolute Gasteiger partial charge is 0.495 e. The van der Waals surface area contributed by atoms with E-state index in [-0.39, 0.29) is 23.2 Å². The Morgan fingerprint density at radius 1 is 1.38 bits per heavy atom. The Kier molecular flexibility index (Phi) is 7.68. The molecular weight excluding hydrogens is 308 g/mol. The van der Waals surface area contributed by atoms with E-state index in [1.807, 2.05) is 6.21 Å². The van der Waals surface area contributed by atoms with E-state index in [0.717, 1.165) is 6.42 Å². The van der Waals surface area contributed by atoms with Crippen LogP contribution in [0.1, 0.15) is 40.0 Å². The molecule has 1 atom stereocenters. The van der Waals surface area contributed by atoms with Crippen molar-refractivity contribution in [1.82, 2.24) is 5.32 Å². The van der Waals surface area contributed by atoms with Gasteiger partial charge >= 0.3 is 5.97 Å². The molecule has 24 heavy (non-hydrogen) atoms. The molecule has 0 radical (unpaired) electrons. The van der Waals surface area contributed by atoms with Gasteiger partial charge in [0.2, 0.25) is 5.91 Å². The number of carbonyl (C=O) groups excluding carboxylic acids is 2. The van der Waals surface area contributed by atoms with E-state index in [1.165, 1.54) is 14.2 Å². The fourth-order valence-electron chi connectivity index (χ4n) is 2.10. The number of hydrogen-bond acceptors (Lipinski definition) is 5. The lowest BCUT2D eigenvalue weighted by molar-refractivity contribution is -0.143. The van der Waals surface area contributed by atoms with Crippen LogP contribution in [0.2, 0.25) is 0 Å². The highest BCUT2D eigenvalue weighted by Gasteiger charge is 2.23. The minimum absolute atomic E-state index is 0.131. The summed E-state index contributed by atoms with van der Waals surface area (Å²) in [5.41, 5.74) is 0.786. The number of carbonyl (C=O) groups is 2. The monoisotopic (exact) mass is 336 g/mol. The summed E-state index contributed by atoms with van der Waals surface area (Å²) < 4.78 is 9.98. The highest BCUT2D eigenvalue weighted by molar-refractivity contribution is 5.80. The Bertz CT molecular complexity index is 542. The fourth-order valence-corrected chi connectivity index (χ4v) is 2.10. The summed E-state index contributed by atoms with van der Waals surface area (Å²) in [4.78, 5) is 27.8. The van der Waals surface area contributed by atoms with Gasteiger partial charge in [0.25, 0.3) is 0 Å². The predicted molar refractivity (Wildman–Crippen MR) is 93.5 cm³/mol. The molecule has 0 heterocycles. The number of methoxy groups -OCH3 is 2. The van der Waals surface area contributed by atoms with E-state index in [9.17, 15) is 9.59 Å². The summed E-state index contributed by atoms with van der Waals surface area (Å²) in [6.45, 7) is 6.87. The van der Waals surface area contributed by atoms with Gasteiger partial charge in [-0.15, -0.1) is 0 Å². The first-order chi connectivity index (χ1) is 11.3. The highest BCUT2D eigenvalue weighted by Crippen LogP contribution is 2.23. The molecule has 6 heteroatoms. The number of aliphatic imine (C=N–C) groups is 1. The number of hydrogen-bond donors (Lipinski definition) is 1. The van der Waals surface area contributed by atoms with E-state index in [4.69, 9.17) is 9.47 Å². The normalized spacial score (nSPS) is 18.0.